The SMILES string of the molecule is C=CCC(CC)CC[CH-]PC.[V]. The molecule has 0 fully saturated rings. The monoisotopic (exact) mass is 222 g/mol. The van der Waals surface area contributed by atoms with Crippen molar-refractivity contribution in [1.29, 1.82) is 0 Å². The largest absolute Gasteiger partial charge is 0.305 e. The van der Waals surface area contributed by atoms with Gasteiger partial charge >= 0.3 is 0 Å². The van der Waals surface area contributed by atoms with Crippen molar-refractivity contribution in [2.24, 2.45) is 5.92 Å². The molecule has 0 aliphatic heterocycles. The molecule has 0 bridgehead atoms. The second-order valence-electron chi connectivity index (χ2n) is 2.87. The number of rotatable bonds is 7. The molecule has 0 saturated heterocycles. The maximum absolute atomic E-state index is 3.77. The van der Waals surface area contributed by atoms with Gasteiger partial charge in [-0.15, -0.1) is 6.58 Å². The van der Waals surface area contributed by atoms with Crippen LogP contribution >= 0.6 is 8.58 Å². The zero-order chi connectivity index (χ0) is 8.53. The summed E-state index contributed by atoms with van der Waals surface area (Å²) in [4.78, 5) is 0. The van der Waals surface area contributed by atoms with Gasteiger partial charge in [-0.1, -0.05) is 32.5 Å². The third kappa shape index (κ3) is 8.85. The van der Waals surface area contributed by atoms with E-state index in [2.05, 4.69) is 26.3 Å². The molecule has 0 heterocycles. The van der Waals surface area contributed by atoms with Gasteiger partial charge in [-0.05, 0) is 12.3 Å². The van der Waals surface area contributed by atoms with Gasteiger partial charge in [0.2, 0.25) is 0 Å². The summed E-state index contributed by atoms with van der Waals surface area (Å²) in [5.41, 5.74) is 0. The summed E-state index contributed by atoms with van der Waals surface area (Å²) in [5.74, 6) is 0.875. The number of allylic oxidation sites excluding steroid dienone is 1. The Morgan fingerprint density at radius 2 is 2.25 bits per heavy atom. The van der Waals surface area contributed by atoms with Crippen molar-refractivity contribution in [2.75, 3.05) is 6.66 Å². The molecule has 2 unspecified atom stereocenters. The zero-order valence-corrected chi connectivity index (χ0v) is 10.6. The molecule has 1 radical (unpaired) electrons. The Kier molecular flexibility index (Phi) is 14.9. The quantitative estimate of drug-likeness (QED) is 0.266. The van der Waals surface area contributed by atoms with E-state index in [1.54, 1.807) is 0 Å². The van der Waals surface area contributed by atoms with Crippen LogP contribution in [-0.2, 0) is 18.6 Å². The van der Waals surface area contributed by atoms with Crippen LogP contribution in [-0.4, -0.2) is 6.66 Å². The van der Waals surface area contributed by atoms with Crippen LogP contribution < -0.4 is 0 Å². The fraction of sp³-hybridized carbons (Fsp3) is 0.700. The van der Waals surface area contributed by atoms with E-state index in [0.29, 0.717) is 0 Å². The van der Waals surface area contributed by atoms with Crippen molar-refractivity contribution in [3.8, 4) is 0 Å². The fourth-order valence-corrected chi connectivity index (χ4v) is 1.64. The molecule has 2 heteroatoms. The summed E-state index contributed by atoms with van der Waals surface area (Å²) in [6, 6.07) is 0. The molecule has 0 amide bonds. The minimum atomic E-state index is 0. The van der Waals surface area contributed by atoms with E-state index in [4.69, 9.17) is 0 Å². The molecule has 0 saturated carbocycles. The Labute approximate surface area is 91.3 Å². The van der Waals surface area contributed by atoms with Crippen molar-refractivity contribution < 1.29 is 18.6 Å². The second-order valence-corrected chi connectivity index (χ2v) is 3.85. The van der Waals surface area contributed by atoms with Crippen LogP contribution in [0.3, 0.4) is 0 Å². The number of hydrogen-bond acceptors (Lipinski definition) is 0. The summed E-state index contributed by atoms with van der Waals surface area (Å²) in [5, 5.41) is 0. The van der Waals surface area contributed by atoms with Gasteiger partial charge in [0.15, 0.2) is 0 Å². The summed E-state index contributed by atoms with van der Waals surface area (Å²) in [7, 11) is 1.01. The molecule has 12 heavy (non-hydrogen) atoms. The third-order valence-electron chi connectivity index (χ3n) is 2.00. The smallest absolute Gasteiger partial charge is 0 e. The van der Waals surface area contributed by atoms with E-state index >= 15 is 0 Å². The average molecular weight is 222 g/mol. The van der Waals surface area contributed by atoms with Crippen LogP contribution in [0.5, 0.6) is 0 Å². The molecule has 0 aromatic heterocycles. The molecule has 0 aromatic rings. The van der Waals surface area contributed by atoms with Crippen LogP contribution in [0.1, 0.15) is 32.6 Å². The maximum atomic E-state index is 3.77. The first kappa shape index (κ1) is 15.2. The zero-order valence-electron chi connectivity index (χ0n) is 8.21. The summed E-state index contributed by atoms with van der Waals surface area (Å²) < 4.78 is 0. The Balaban J connectivity index is 0. The van der Waals surface area contributed by atoms with Crippen LogP contribution in [0.2, 0.25) is 0 Å². The second kappa shape index (κ2) is 11.8. The Morgan fingerprint density at radius 3 is 2.67 bits per heavy atom. The van der Waals surface area contributed by atoms with Gasteiger partial charge < -0.3 is 6.16 Å². The van der Waals surface area contributed by atoms with E-state index in [-0.39, 0.29) is 18.6 Å². The van der Waals surface area contributed by atoms with Gasteiger partial charge in [-0.25, -0.2) is 0 Å². The van der Waals surface area contributed by atoms with Crippen LogP contribution in [0.15, 0.2) is 12.7 Å². The average Bonchev–Trinajstić information content (AvgIpc) is 2.03. The van der Waals surface area contributed by atoms with Crippen LogP contribution in [0.4, 0.5) is 0 Å². The van der Waals surface area contributed by atoms with E-state index in [1.165, 1.54) is 25.7 Å². The summed E-state index contributed by atoms with van der Waals surface area (Å²) in [6.45, 7) is 8.27. The predicted octanol–water partition coefficient (Wildman–Crippen LogP) is 3.84. The van der Waals surface area contributed by atoms with Gasteiger partial charge in [-0.3, -0.25) is 8.58 Å². The van der Waals surface area contributed by atoms with Crippen LogP contribution in [0.25, 0.3) is 0 Å². The first-order valence-corrected chi connectivity index (χ1v) is 6.02. The molecule has 0 nitrogen and oxygen atoms in total. The van der Waals surface area contributed by atoms with Crippen LogP contribution in [0, 0.1) is 12.1 Å². The molecule has 0 N–H and O–H groups in total. The Morgan fingerprint density at radius 1 is 1.58 bits per heavy atom. The van der Waals surface area contributed by atoms with Crippen molar-refractivity contribution in [3.05, 3.63) is 18.8 Å². The summed E-state index contributed by atoms with van der Waals surface area (Å²) >= 11 is 0. The first-order valence-electron chi connectivity index (χ1n) is 4.45. The third-order valence-corrected chi connectivity index (χ3v) is 2.70. The molecule has 71 valence electrons. The molecular formula is C10H20PV-. The normalized spacial score (nSPS) is 12.8. The molecule has 2 atom stereocenters. The topological polar surface area (TPSA) is 0 Å². The van der Waals surface area contributed by atoms with Gasteiger partial charge in [0.05, 0.1) is 0 Å². The van der Waals surface area contributed by atoms with E-state index in [1.807, 2.05) is 6.08 Å². The predicted molar refractivity (Wildman–Crippen MR) is 56.4 cm³/mol. The van der Waals surface area contributed by atoms with Gasteiger partial charge in [0.25, 0.3) is 0 Å². The van der Waals surface area contributed by atoms with Crippen molar-refractivity contribution in [2.45, 2.75) is 32.6 Å². The first-order chi connectivity index (χ1) is 5.35. The molecular weight excluding hydrogens is 202 g/mol. The standard InChI is InChI=1S/C10H20P.V/c1-4-7-10(5-2)8-6-9-11-3;/h4,9-11H,1,5-8H2,2-3H3;/q-1;. The Hall–Kier alpha value is 0.754. The van der Waals surface area contributed by atoms with Gasteiger partial charge in [-0.2, -0.15) is 6.42 Å². The summed E-state index contributed by atoms with van der Waals surface area (Å²) in [6.07, 6.45) is 9.57. The molecule has 0 aromatic carbocycles. The van der Waals surface area contributed by atoms with Gasteiger partial charge in [0, 0.05) is 18.6 Å². The Bertz CT molecular complexity index is 93.8. The van der Waals surface area contributed by atoms with E-state index < -0.39 is 0 Å². The van der Waals surface area contributed by atoms with Crippen molar-refractivity contribution >= 4 is 8.58 Å². The van der Waals surface area contributed by atoms with E-state index in [9.17, 15) is 0 Å². The minimum absolute atomic E-state index is 0. The fourth-order valence-electron chi connectivity index (χ4n) is 1.19. The van der Waals surface area contributed by atoms with Gasteiger partial charge in [0.1, 0.15) is 0 Å². The molecule has 0 aliphatic carbocycles. The van der Waals surface area contributed by atoms with E-state index in [0.717, 1.165) is 14.5 Å². The van der Waals surface area contributed by atoms with Crippen molar-refractivity contribution in [1.82, 2.24) is 0 Å². The molecule has 0 rings (SSSR count). The molecule has 0 spiro atoms. The minimum Gasteiger partial charge on any atom is -0.305 e. The maximum Gasteiger partial charge on any atom is 0 e. The number of hydrogen-bond donors (Lipinski definition) is 0. The molecule has 0 aliphatic rings. The van der Waals surface area contributed by atoms with Crippen molar-refractivity contribution in [3.63, 3.8) is 0 Å².